The summed E-state index contributed by atoms with van der Waals surface area (Å²) in [5.74, 6) is -12.9. The normalized spacial score (nSPS) is 10.6. The lowest BCUT2D eigenvalue weighted by Crippen LogP contribution is -2.09. The highest BCUT2D eigenvalue weighted by Gasteiger charge is 2.29. The molecular weight excluding hydrogens is 313 g/mol. The number of carboxylic acid groups (broad SMARTS) is 1. The number of carboxylic acids is 1. The first kappa shape index (κ1) is 15.7. The Morgan fingerprint density at radius 1 is 1.00 bits per heavy atom. The smallest absolute Gasteiger partial charge is 0.355 e. The molecule has 2 aromatic rings. The Morgan fingerprint density at radius 2 is 1.50 bits per heavy atom. The van der Waals surface area contributed by atoms with Crippen LogP contribution in [0.1, 0.15) is 10.5 Å². The van der Waals surface area contributed by atoms with Crippen LogP contribution in [0.4, 0.5) is 22.0 Å². The van der Waals surface area contributed by atoms with Crippen LogP contribution in [0.5, 0.6) is 5.88 Å². The van der Waals surface area contributed by atoms with E-state index in [2.05, 4.69) is 9.72 Å². The lowest BCUT2D eigenvalue weighted by atomic mass is 10.0. The van der Waals surface area contributed by atoms with E-state index in [1.54, 1.807) is 0 Å². The van der Waals surface area contributed by atoms with E-state index in [0.29, 0.717) is 0 Å². The zero-order valence-corrected chi connectivity index (χ0v) is 10.8. The fraction of sp³-hybridized carbons (Fsp3) is 0.0769. The van der Waals surface area contributed by atoms with E-state index in [9.17, 15) is 26.7 Å². The highest BCUT2D eigenvalue weighted by Crippen LogP contribution is 2.33. The Kier molecular flexibility index (Phi) is 3.98. The quantitative estimate of drug-likeness (QED) is 0.536. The lowest BCUT2D eigenvalue weighted by molar-refractivity contribution is 0.0690. The van der Waals surface area contributed by atoms with Crippen LogP contribution < -0.4 is 4.74 Å². The molecular formula is C13H6F5NO3. The van der Waals surface area contributed by atoms with Crippen molar-refractivity contribution in [3.8, 4) is 17.0 Å². The summed E-state index contributed by atoms with van der Waals surface area (Å²) in [5, 5.41) is 9.00. The number of halogens is 5. The van der Waals surface area contributed by atoms with Gasteiger partial charge in [0.2, 0.25) is 11.7 Å². The van der Waals surface area contributed by atoms with Crippen LogP contribution in [0, 0.1) is 29.1 Å². The van der Waals surface area contributed by atoms with E-state index >= 15 is 0 Å². The highest BCUT2D eigenvalue weighted by atomic mass is 19.2. The summed E-state index contributed by atoms with van der Waals surface area (Å²) >= 11 is 0. The van der Waals surface area contributed by atoms with Gasteiger partial charge in [-0.3, -0.25) is 0 Å². The molecule has 1 heterocycles. The third kappa shape index (κ3) is 2.34. The van der Waals surface area contributed by atoms with E-state index in [1.165, 1.54) is 0 Å². The maximum absolute atomic E-state index is 13.7. The maximum atomic E-state index is 13.7. The molecule has 0 aliphatic carbocycles. The molecule has 116 valence electrons. The van der Waals surface area contributed by atoms with Gasteiger partial charge in [-0.25, -0.2) is 31.7 Å². The van der Waals surface area contributed by atoms with Gasteiger partial charge in [-0.1, -0.05) is 0 Å². The Bertz CT molecular complexity index is 750. The summed E-state index contributed by atoms with van der Waals surface area (Å²) in [7, 11) is 1.16. The van der Waals surface area contributed by atoms with Crippen molar-refractivity contribution in [2.75, 3.05) is 7.11 Å². The molecule has 0 aliphatic heterocycles. The van der Waals surface area contributed by atoms with Gasteiger partial charge in [0, 0.05) is 11.6 Å². The Morgan fingerprint density at radius 3 is 1.95 bits per heavy atom. The van der Waals surface area contributed by atoms with E-state index in [1.807, 2.05) is 0 Å². The number of benzene rings is 1. The van der Waals surface area contributed by atoms with Gasteiger partial charge in [0.05, 0.1) is 12.7 Å². The summed E-state index contributed by atoms with van der Waals surface area (Å²) < 4.78 is 71.6. The van der Waals surface area contributed by atoms with Crippen molar-refractivity contribution < 1.29 is 36.6 Å². The van der Waals surface area contributed by atoms with Crippen molar-refractivity contribution in [2.24, 2.45) is 0 Å². The largest absolute Gasteiger partial charge is 0.481 e. The first-order valence-corrected chi connectivity index (χ1v) is 5.59. The Labute approximate surface area is 119 Å². The third-order valence-corrected chi connectivity index (χ3v) is 2.76. The highest BCUT2D eigenvalue weighted by molar-refractivity contribution is 5.94. The number of hydrogen-bond acceptors (Lipinski definition) is 3. The molecule has 0 unspecified atom stereocenters. The van der Waals surface area contributed by atoms with Crippen molar-refractivity contribution in [2.45, 2.75) is 0 Å². The number of nitrogens with zero attached hydrogens (tertiary/aromatic N) is 1. The molecule has 0 aliphatic rings. The van der Waals surface area contributed by atoms with Crippen molar-refractivity contribution in [1.82, 2.24) is 4.98 Å². The minimum atomic E-state index is -2.34. The summed E-state index contributed by atoms with van der Waals surface area (Å²) in [6, 6.07) is 1.87. The molecule has 0 atom stereocenters. The number of aromatic nitrogens is 1. The van der Waals surface area contributed by atoms with E-state index in [-0.39, 0.29) is 5.88 Å². The van der Waals surface area contributed by atoms with Crippen LogP contribution in [0.3, 0.4) is 0 Å². The monoisotopic (exact) mass is 319 g/mol. The number of hydrogen-bond donors (Lipinski definition) is 1. The molecule has 9 heteroatoms. The molecule has 2 rings (SSSR count). The molecule has 0 amide bonds. The van der Waals surface area contributed by atoms with Gasteiger partial charge >= 0.3 is 5.97 Å². The molecule has 0 saturated heterocycles. The minimum Gasteiger partial charge on any atom is -0.481 e. The average Bonchev–Trinajstić information content (AvgIpc) is 2.51. The van der Waals surface area contributed by atoms with Crippen LogP contribution in [-0.4, -0.2) is 23.2 Å². The minimum absolute atomic E-state index is 0.204. The van der Waals surface area contributed by atoms with Crippen LogP contribution >= 0.6 is 0 Å². The van der Waals surface area contributed by atoms with Gasteiger partial charge in [-0.15, -0.1) is 0 Å². The van der Waals surface area contributed by atoms with Crippen molar-refractivity contribution >= 4 is 5.97 Å². The fourth-order valence-corrected chi connectivity index (χ4v) is 1.76. The molecule has 1 aromatic heterocycles. The second-order valence-electron chi connectivity index (χ2n) is 4.00. The molecule has 1 aromatic carbocycles. The van der Waals surface area contributed by atoms with Gasteiger partial charge in [-0.05, 0) is 6.07 Å². The predicted octanol–water partition coefficient (Wildman–Crippen LogP) is 3.15. The van der Waals surface area contributed by atoms with E-state index < -0.39 is 51.9 Å². The number of rotatable bonds is 3. The molecule has 4 nitrogen and oxygen atoms in total. The second-order valence-corrected chi connectivity index (χ2v) is 4.00. The Hall–Kier alpha value is -2.71. The van der Waals surface area contributed by atoms with Crippen molar-refractivity contribution in [3.05, 3.63) is 46.9 Å². The van der Waals surface area contributed by atoms with Gasteiger partial charge in [0.15, 0.2) is 29.0 Å². The van der Waals surface area contributed by atoms with Gasteiger partial charge < -0.3 is 9.84 Å². The van der Waals surface area contributed by atoms with Crippen molar-refractivity contribution in [3.63, 3.8) is 0 Å². The molecule has 1 N–H and O–H groups in total. The lowest BCUT2D eigenvalue weighted by Gasteiger charge is -2.11. The number of carbonyl (C=O) groups is 1. The summed E-state index contributed by atoms with van der Waals surface area (Å²) in [6.45, 7) is 0. The number of pyridine rings is 1. The standard InChI is InChI=1S/C13H6F5NO3/c1-22-5-3-2-4(12(19-5)13(20)21)6-7(14)9(16)11(18)10(17)8(6)15/h2-3H,1H3,(H,20,21). The number of aromatic carboxylic acids is 1. The predicted molar refractivity (Wildman–Crippen MR) is 63.0 cm³/mol. The second kappa shape index (κ2) is 5.58. The van der Waals surface area contributed by atoms with E-state index in [4.69, 9.17) is 5.11 Å². The Balaban J connectivity index is 2.86. The molecule has 0 bridgehead atoms. The van der Waals surface area contributed by atoms with Crippen LogP contribution in [-0.2, 0) is 0 Å². The number of methoxy groups -OCH3 is 1. The van der Waals surface area contributed by atoms with Gasteiger partial charge in [0.1, 0.15) is 0 Å². The third-order valence-electron chi connectivity index (χ3n) is 2.76. The fourth-order valence-electron chi connectivity index (χ4n) is 1.76. The van der Waals surface area contributed by atoms with Gasteiger partial charge in [0.25, 0.3) is 0 Å². The summed E-state index contributed by atoms with van der Waals surface area (Å²) in [5.41, 5.74) is -3.05. The zero-order valence-electron chi connectivity index (χ0n) is 10.8. The molecule has 22 heavy (non-hydrogen) atoms. The van der Waals surface area contributed by atoms with Gasteiger partial charge in [-0.2, -0.15) is 0 Å². The van der Waals surface area contributed by atoms with Crippen molar-refractivity contribution in [1.29, 1.82) is 0 Å². The summed E-state index contributed by atoms with van der Waals surface area (Å²) in [4.78, 5) is 14.5. The first-order valence-electron chi connectivity index (χ1n) is 5.59. The summed E-state index contributed by atoms with van der Waals surface area (Å²) in [6.07, 6.45) is 0. The molecule has 0 fully saturated rings. The average molecular weight is 319 g/mol. The first-order chi connectivity index (χ1) is 10.3. The SMILES string of the molecule is COc1ccc(-c2c(F)c(F)c(F)c(F)c2F)c(C(=O)O)n1. The van der Waals surface area contributed by atoms with Crippen LogP contribution in [0.2, 0.25) is 0 Å². The maximum Gasteiger partial charge on any atom is 0.355 e. The number of ether oxygens (including phenoxy) is 1. The molecule has 0 saturated carbocycles. The topological polar surface area (TPSA) is 59.4 Å². The zero-order chi connectivity index (χ0) is 16.6. The van der Waals surface area contributed by atoms with E-state index in [0.717, 1.165) is 19.2 Å². The molecule has 0 radical (unpaired) electrons. The van der Waals surface area contributed by atoms with Crippen LogP contribution in [0.25, 0.3) is 11.1 Å². The van der Waals surface area contributed by atoms with Crippen LogP contribution in [0.15, 0.2) is 12.1 Å². The molecule has 0 spiro atoms.